The van der Waals surface area contributed by atoms with Crippen molar-refractivity contribution < 1.29 is 9.18 Å². The number of amides is 1. The number of rotatable bonds is 4. The topological polar surface area (TPSA) is 52.6 Å². The molecule has 0 radical (unpaired) electrons. The number of hydrogen-bond acceptors (Lipinski definition) is 6. The summed E-state index contributed by atoms with van der Waals surface area (Å²) in [6.07, 6.45) is 7.69. The summed E-state index contributed by atoms with van der Waals surface area (Å²) in [6, 6.07) is 9.19. The van der Waals surface area contributed by atoms with E-state index in [1.165, 1.54) is 33.6 Å². The molecule has 3 aliphatic heterocycles. The van der Waals surface area contributed by atoms with Crippen LogP contribution < -0.4 is 4.90 Å². The molecule has 0 aliphatic carbocycles. The quantitative estimate of drug-likeness (QED) is 0.589. The highest BCUT2D eigenvalue weighted by Gasteiger charge is 2.41. The highest BCUT2D eigenvalue weighted by Crippen LogP contribution is 2.34. The summed E-state index contributed by atoms with van der Waals surface area (Å²) in [5.74, 6) is 0.385. The second-order valence-electron chi connectivity index (χ2n) is 9.15. The number of hydrogen-bond donors (Lipinski definition) is 0. The molecule has 2 bridgehead atoms. The van der Waals surface area contributed by atoms with Gasteiger partial charge in [-0.1, -0.05) is 24.3 Å². The van der Waals surface area contributed by atoms with Crippen molar-refractivity contribution in [2.24, 2.45) is 0 Å². The zero-order valence-corrected chi connectivity index (χ0v) is 19.2. The Balaban J connectivity index is 1.09. The fourth-order valence-corrected chi connectivity index (χ4v) is 6.51. The molecule has 2 atom stereocenters. The van der Waals surface area contributed by atoms with Crippen LogP contribution in [-0.2, 0) is 4.79 Å². The first kappa shape index (κ1) is 20.7. The lowest BCUT2D eigenvalue weighted by Crippen LogP contribution is -2.56. The van der Waals surface area contributed by atoms with Crippen LogP contribution in [0.5, 0.6) is 0 Å². The van der Waals surface area contributed by atoms with Gasteiger partial charge in [-0.05, 0) is 47.2 Å². The normalized spacial score (nSPS) is 23.2. The summed E-state index contributed by atoms with van der Waals surface area (Å²) in [5, 5.41) is 3.43. The van der Waals surface area contributed by atoms with Gasteiger partial charge in [-0.25, -0.2) is 14.4 Å². The number of carbonyl (C=O) groups excluding carboxylic acids is 1. The van der Waals surface area contributed by atoms with Gasteiger partial charge >= 0.3 is 0 Å². The van der Waals surface area contributed by atoms with E-state index in [1.54, 1.807) is 11.3 Å². The first-order chi connectivity index (χ1) is 16.2. The van der Waals surface area contributed by atoms with Crippen LogP contribution in [0.25, 0.3) is 15.7 Å². The van der Waals surface area contributed by atoms with Crippen LogP contribution in [0.4, 0.5) is 10.3 Å². The predicted octanol–water partition coefficient (Wildman–Crippen LogP) is 3.80. The Labute approximate surface area is 196 Å². The number of likely N-dealkylation sites (tertiary alicyclic amines) is 1. The van der Waals surface area contributed by atoms with Gasteiger partial charge in [0.25, 0.3) is 0 Å². The molecule has 8 heteroatoms. The van der Waals surface area contributed by atoms with E-state index in [4.69, 9.17) is 0 Å². The smallest absolute Gasteiger partial charge is 0.237 e. The van der Waals surface area contributed by atoms with Crippen molar-refractivity contribution in [2.75, 3.05) is 37.6 Å². The Hall–Kier alpha value is -2.84. The third-order valence-corrected chi connectivity index (χ3v) is 8.10. The maximum Gasteiger partial charge on any atom is 0.237 e. The van der Waals surface area contributed by atoms with Crippen LogP contribution in [0, 0.1) is 5.82 Å². The molecule has 2 aromatic heterocycles. The number of carbonyl (C=O) groups is 1. The van der Waals surface area contributed by atoms with Crippen molar-refractivity contribution in [2.45, 2.75) is 31.3 Å². The van der Waals surface area contributed by atoms with Crippen LogP contribution in [0.1, 0.15) is 24.8 Å². The number of halogens is 1. The van der Waals surface area contributed by atoms with Crippen molar-refractivity contribution in [3.05, 3.63) is 59.5 Å². The van der Waals surface area contributed by atoms with Gasteiger partial charge in [0, 0.05) is 43.0 Å². The van der Waals surface area contributed by atoms with Crippen LogP contribution in [-0.4, -0.2) is 70.5 Å². The van der Waals surface area contributed by atoms with Crippen molar-refractivity contribution >= 4 is 38.9 Å². The lowest BCUT2D eigenvalue weighted by molar-refractivity contribution is -0.132. The van der Waals surface area contributed by atoms with Gasteiger partial charge < -0.3 is 9.80 Å². The molecule has 2 unspecified atom stereocenters. The maximum atomic E-state index is 13.2. The monoisotopic (exact) mass is 463 g/mol. The maximum absolute atomic E-state index is 13.2. The van der Waals surface area contributed by atoms with E-state index >= 15 is 0 Å². The lowest BCUT2D eigenvalue weighted by Gasteiger charge is -2.41. The second-order valence-corrected chi connectivity index (χ2v) is 10.1. The number of anilines is 1. The minimum Gasteiger partial charge on any atom is -0.338 e. The van der Waals surface area contributed by atoms with E-state index in [1.807, 2.05) is 4.90 Å². The average molecular weight is 464 g/mol. The highest BCUT2D eigenvalue weighted by molar-refractivity contribution is 7.17. The van der Waals surface area contributed by atoms with Gasteiger partial charge in [-0.3, -0.25) is 9.69 Å². The van der Waals surface area contributed by atoms with Gasteiger partial charge in [0.1, 0.15) is 0 Å². The SMILES string of the molecule is O=C(CN1CC2CCC(C1)N2c1ncc(F)cn1)N1CC=C(c2cccc3ccsc23)CC1. The summed E-state index contributed by atoms with van der Waals surface area (Å²) in [4.78, 5) is 27.9. The minimum atomic E-state index is -0.416. The Morgan fingerprint density at radius 2 is 1.91 bits per heavy atom. The van der Waals surface area contributed by atoms with Crippen molar-refractivity contribution in [3.63, 3.8) is 0 Å². The van der Waals surface area contributed by atoms with Crippen LogP contribution >= 0.6 is 11.3 Å². The Kier molecular flexibility index (Phi) is 5.34. The van der Waals surface area contributed by atoms with Gasteiger partial charge in [0.15, 0.2) is 5.82 Å². The van der Waals surface area contributed by atoms with Gasteiger partial charge in [0.05, 0.1) is 18.9 Å². The number of nitrogens with zero attached hydrogens (tertiary/aromatic N) is 5. The number of benzene rings is 1. The standard InChI is InChI=1S/C25H26FN5OS/c26-19-12-27-25(28-13-19)31-20-4-5-21(31)15-29(14-20)16-23(32)30-9-6-17(7-10-30)22-3-1-2-18-8-11-33-24(18)22/h1-3,6,8,11-13,20-21H,4-5,7,9-10,14-16H2. The molecule has 0 N–H and O–H groups in total. The molecule has 1 amide bonds. The average Bonchev–Trinajstić information content (AvgIpc) is 3.42. The van der Waals surface area contributed by atoms with Gasteiger partial charge in [-0.2, -0.15) is 0 Å². The van der Waals surface area contributed by atoms with Gasteiger partial charge in [0.2, 0.25) is 11.9 Å². The van der Waals surface area contributed by atoms with Crippen LogP contribution in [0.3, 0.4) is 0 Å². The molecule has 170 valence electrons. The van der Waals surface area contributed by atoms with Crippen molar-refractivity contribution in [1.82, 2.24) is 19.8 Å². The number of thiophene rings is 1. The molecule has 0 spiro atoms. The second kappa shape index (κ2) is 8.50. The Bertz CT molecular complexity index is 1190. The summed E-state index contributed by atoms with van der Waals surface area (Å²) >= 11 is 1.78. The molecule has 6 nitrogen and oxygen atoms in total. The molecule has 6 rings (SSSR count). The fraction of sp³-hybridized carbons (Fsp3) is 0.400. The van der Waals surface area contributed by atoms with E-state index in [-0.39, 0.29) is 18.0 Å². The zero-order valence-electron chi connectivity index (χ0n) is 18.4. The fourth-order valence-electron chi connectivity index (χ4n) is 5.56. The van der Waals surface area contributed by atoms with Crippen LogP contribution in [0.15, 0.2) is 48.1 Å². The Morgan fingerprint density at radius 3 is 2.64 bits per heavy atom. The zero-order chi connectivity index (χ0) is 22.4. The minimum absolute atomic E-state index is 0.200. The summed E-state index contributed by atoms with van der Waals surface area (Å²) in [7, 11) is 0. The number of aromatic nitrogens is 2. The molecule has 2 fully saturated rings. The third kappa shape index (κ3) is 3.91. The number of fused-ring (bicyclic) bond motifs is 3. The highest BCUT2D eigenvalue weighted by atomic mass is 32.1. The Morgan fingerprint density at radius 1 is 1.12 bits per heavy atom. The predicted molar refractivity (Wildman–Crippen MR) is 129 cm³/mol. The van der Waals surface area contributed by atoms with E-state index in [9.17, 15) is 9.18 Å². The molecular formula is C25H26FN5OS. The molecule has 3 aliphatic rings. The summed E-state index contributed by atoms with van der Waals surface area (Å²) in [5.41, 5.74) is 2.66. The first-order valence-electron chi connectivity index (χ1n) is 11.6. The molecule has 33 heavy (non-hydrogen) atoms. The molecule has 2 saturated heterocycles. The first-order valence-corrected chi connectivity index (χ1v) is 12.5. The van der Waals surface area contributed by atoms with Gasteiger partial charge in [-0.15, -0.1) is 11.3 Å². The van der Waals surface area contributed by atoms with E-state index < -0.39 is 5.82 Å². The molecule has 3 aromatic rings. The van der Waals surface area contributed by atoms with E-state index in [0.29, 0.717) is 19.0 Å². The van der Waals surface area contributed by atoms with E-state index in [0.717, 1.165) is 38.9 Å². The molecule has 0 saturated carbocycles. The van der Waals surface area contributed by atoms with Crippen LogP contribution in [0.2, 0.25) is 0 Å². The number of piperazine rings is 1. The largest absolute Gasteiger partial charge is 0.338 e. The molecule has 5 heterocycles. The van der Waals surface area contributed by atoms with Crippen molar-refractivity contribution in [1.29, 1.82) is 0 Å². The molecule has 1 aromatic carbocycles. The third-order valence-electron chi connectivity index (χ3n) is 7.14. The van der Waals surface area contributed by atoms with Crippen molar-refractivity contribution in [3.8, 4) is 0 Å². The lowest BCUT2D eigenvalue weighted by atomic mass is 9.98. The van der Waals surface area contributed by atoms with E-state index in [2.05, 4.69) is 55.5 Å². The molecular weight excluding hydrogens is 437 g/mol. The summed E-state index contributed by atoms with van der Waals surface area (Å²) in [6.45, 7) is 3.53. The summed E-state index contributed by atoms with van der Waals surface area (Å²) < 4.78 is 14.6.